The van der Waals surface area contributed by atoms with Crippen LogP contribution in [0.1, 0.15) is 32.5 Å². The minimum absolute atomic E-state index is 0.0166. The van der Waals surface area contributed by atoms with Crippen molar-refractivity contribution in [1.82, 2.24) is 0 Å². The SMILES string of the molecule is CCS(=O)(=O)c1ccc(C(=O)Nc2sc(C)c(-c3ccccc3)c2C(N)=O)cc1. The molecule has 0 saturated carbocycles. The average molecular weight is 429 g/mol. The number of sulfone groups is 1. The Hall–Kier alpha value is -2.97. The molecule has 0 radical (unpaired) electrons. The van der Waals surface area contributed by atoms with Gasteiger partial charge in [0.05, 0.1) is 16.2 Å². The number of nitrogens with two attached hydrogens (primary N) is 1. The van der Waals surface area contributed by atoms with Gasteiger partial charge < -0.3 is 11.1 Å². The molecular formula is C21H20N2O4S2. The first-order valence-electron chi connectivity index (χ1n) is 8.87. The summed E-state index contributed by atoms with van der Waals surface area (Å²) in [4.78, 5) is 25.8. The summed E-state index contributed by atoms with van der Waals surface area (Å²) in [5.74, 6) is -1.10. The predicted molar refractivity (Wildman–Crippen MR) is 115 cm³/mol. The van der Waals surface area contributed by atoms with E-state index in [0.29, 0.717) is 10.6 Å². The molecular weight excluding hydrogens is 408 g/mol. The van der Waals surface area contributed by atoms with E-state index >= 15 is 0 Å². The van der Waals surface area contributed by atoms with E-state index in [9.17, 15) is 18.0 Å². The van der Waals surface area contributed by atoms with E-state index in [1.54, 1.807) is 6.92 Å². The molecule has 2 aromatic carbocycles. The summed E-state index contributed by atoms with van der Waals surface area (Å²) < 4.78 is 23.8. The molecule has 3 rings (SSSR count). The summed E-state index contributed by atoms with van der Waals surface area (Å²) in [6.45, 7) is 3.42. The topological polar surface area (TPSA) is 106 Å². The van der Waals surface area contributed by atoms with E-state index in [0.717, 1.165) is 10.4 Å². The van der Waals surface area contributed by atoms with Crippen LogP contribution in [0, 0.1) is 6.92 Å². The zero-order chi connectivity index (χ0) is 21.2. The quantitative estimate of drug-likeness (QED) is 0.621. The average Bonchev–Trinajstić information content (AvgIpc) is 3.04. The van der Waals surface area contributed by atoms with Crippen molar-refractivity contribution in [3.8, 4) is 11.1 Å². The highest BCUT2D eigenvalue weighted by atomic mass is 32.2. The van der Waals surface area contributed by atoms with Gasteiger partial charge in [0.2, 0.25) is 0 Å². The fraction of sp³-hybridized carbons (Fsp3) is 0.143. The molecule has 8 heteroatoms. The van der Waals surface area contributed by atoms with Gasteiger partial charge in [0.1, 0.15) is 5.00 Å². The molecule has 0 aliphatic carbocycles. The van der Waals surface area contributed by atoms with Crippen molar-refractivity contribution in [2.45, 2.75) is 18.7 Å². The van der Waals surface area contributed by atoms with Gasteiger partial charge in [-0.05, 0) is 36.8 Å². The molecule has 150 valence electrons. The molecule has 0 aliphatic heterocycles. The Morgan fingerprint density at radius 1 is 1.03 bits per heavy atom. The zero-order valence-corrected chi connectivity index (χ0v) is 17.6. The highest BCUT2D eigenvalue weighted by molar-refractivity contribution is 7.91. The van der Waals surface area contributed by atoms with Gasteiger partial charge in [-0.15, -0.1) is 11.3 Å². The van der Waals surface area contributed by atoms with Gasteiger partial charge in [0.15, 0.2) is 9.84 Å². The number of nitrogens with one attached hydrogen (secondary N) is 1. The Balaban J connectivity index is 1.94. The van der Waals surface area contributed by atoms with Crippen molar-refractivity contribution in [3.05, 3.63) is 70.6 Å². The molecule has 0 aliphatic rings. The number of carbonyl (C=O) groups is 2. The van der Waals surface area contributed by atoms with E-state index < -0.39 is 21.7 Å². The second-order valence-electron chi connectivity index (χ2n) is 6.35. The first-order chi connectivity index (χ1) is 13.7. The van der Waals surface area contributed by atoms with E-state index in [2.05, 4.69) is 5.32 Å². The number of carbonyl (C=O) groups excluding carboxylic acids is 2. The van der Waals surface area contributed by atoms with Crippen molar-refractivity contribution in [3.63, 3.8) is 0 Å². The van der Waals surface area contributed by atoms with Crippen LogP contribution in [0.4, 0.5) is 5.00 Å². The van der Waals surface area contributed by atoms with Crippen LogP contribution in [0.15, 0.2) is 59.5 Å². The highest BCUT2D eigenvalue weighted by Gasteiger charge is 2.23. The standard InChI is InChI=1S/C21H20N2O4S2/c1-3-29(26,27)16-11-9-15(10-12-16)20(25)23-21-18(19(22)24)17(13(2)28-21)14-7-5-4-6-8-14/h4-12H,3H2,1-2H3,(H2,22,24)(H,23,25). The number of amides is 2. The third-order valence-electron chi connectivity index (χ3n) is 4.48. The third kappa shape index (κ3) is 4.23. The van der Waals surface area contributed by atoms with Crippen molar-refractivity contribution in [2.24, 2.45) is 5.73 Å². The molecule has 0 atom stereocenters. The summed E-state index contributed by atoms with van der Waals surface area (Å²) in [5, 5.41) is 3.11. The minimum atomic E-state index is -3.34. The molecule has 0 saturated heterocycles. The van der Waals surface area contributed by atoms with Crippen molar-refractivity contribution in [1.29, 1.82) is 0 Å². The Labute approximate surface area is 173 Å². The van der Waals surface area contributed by atoms with Gasteiger partial charge in [-0.2, -0.15) is 0 Å². The zero-order valence-electron chi connectivity index (χ0n) is 15.9. The van der Waals surface area contributed by atoms with E-state index in [-0.39, 0.29) is 21.8 Å². The summed E-state index contributed by atoms with van der Waals surface area (Å²) in [6.07, 6.45) is 0. The first-order valence-corrected chi connectivity index (χ1v) is 11.3. The van der Waals surface area contributed by atoms with Gasteiger partial charge in [0.25, 0.3) is 11.8 Å². The number of rotatable bonds is 6. The van der Waals surface area contributed by atoms with Crippen LogP contribution in [0.5, 0.6) is 0 Å². The lowest BCUT2D eigenvalue weighted by molar-refractivity contribution is 0.100. The Morgan fingerprint density at radius 2 is 1.66 bits per heavy atom. The number of anilines is 1. The summed E-state index contributed by atoms with van der Waals surface area (Å²) in [5.41, 5.74) is 7.69. The number of thiophene rings is 1. The summed E-state index contributed by atoms with van der Waals surface area (Å²) in [7, 11) is -3.34. The normalized spacial score (nSPS) is 11.2. The molecule has 6 nitrogen and oxygen atoms in total. The molecule has 1 aromatic heterocycles. The first kappa shape index (κ1) is 20.8. The monoisotopic (exact) mass is 428 g/mol. The molecule has 3 aromatic rings. The Kier molecular flexibility index (Phi) is 5.86. The largest absolute Gasteiger partial charge is 0.365 e. The van der Waals surface area contributed by atoms with Crippen LogP contribution in [-0.2, 0) is 9.84 Å². The number of aryl methyl sites for hydroxylation is 1. The fourth-order valence-corrected chi connectivity index (χ4v) is 4.94. The number of primary amides is 1. The molecule has 0 spiro atoms. The second kappa shape index (κ2) is 8.18. The fourth-order valence-electron chi connectivity index (χ4n) is 2.98. The molecule has 2 amide bonds. The lowest BCUT2D eigenvalue weighted by Crippen LogP contribution is -2.17. The highest BCUT2D eigenvalue weighted by Crippen LogP contribution is 2.39. The van der Waals surface area contributed by atoms with Gasteiger partial charge in [-0.25, -0.2) is 8.42 Å². The van der Waals surface area contributed by atoms with E-state index in [1.165, 1.54) is 35.6 Å². The smallest absolute Gasteiger partial charge is 0.256 e. The van der Waals surface area contributed by atoms with Crippen LogP contribution in [0.2, 0.25) is 0 Å². The van der Waals surface area contributed by atoms with Crippen LogP contribution in [0.25, 0.3) is 11.1 Å². The minimum Gasteiger partial charge on any atom is -0.365 e. The lowest BCUT2D eigenvalue weighted by Gasteiger charge is -2.08. The maximum absolute atomic E-state index is 12.7. The van der Waals surface area contributed by atoms with Gasteiger partial charge in [0, 0.05) is 16.0 Å². The van der Waals surface area contributed by atoms with Crippen LogP contribution < -0.4 is 11.1 Å². The number of hydrogen-bond donors (Lipinski definition) is 2. The Morgan fingerprint density at radius 3 is 2.21 bits per heavy atom. The Bertz CT molecular complexity index is 1170. The van der Waals surface area contributed by atoms with Crippen LogP contribution >= 0.6 is 11.3 Å². The molecule has 0 fully saturated rings. The second-order valence-corrected chi connectivity index (χ2v) is 9.85. The van der Waals surface area contributed by atoms with E-state index in [1.807, 2.05) is 37.3 Å². The maximum atomic E-state index is 12.7. The summed E-state index contributed by atoms with van der Waals surface area (Å²) in [6, 6.07) is 15.0. The van der Waals surface area contributed by atoms with Gasteiger partial charge in [-0.3, -0.25) is 9.59 Å². The predicted octanol–water partition coefficient (Wildman–Crippen LogP) is 3.87. The molecule has 0 bridgehead atoms. The van der Waals surface area contributed by atoms with Crippen LogP contribution in [-0.4, -0.2) is 26.0 Å². The van der Waals surface area contributed by atoms with Crippen molar-refractivity contribution >= 4 is 38.0 Å². The maximum Gasteiger partial charge on any atom is 0.256 e. The van der Waals surface area contributed by atoms with E-state index in [4.69, 9.17) is 5.73 Å². The lowest BCUT2D eigenvalue weighted by atomic mass is 10.0. The number of benzene rings is 2. The number of hydrogen-bond acceptors (Lipinski definition) is 5. The van der Waals surface area contributed by atoms with Crippen molar-refractivity contribution in [2.75, 3.05) is 11.1 Å². The van der Waals surface area contributed by atoms with Gasteiger partial charge in [-0.1, -0.05) is 37.3 Å². The van der Waals surface area contributed by atoms with Gasteiger partial charge >= 0.3 is 0 Å². The van der Waals surface area contributed by atoms with Crippen LogP contribution in [0.3, 0.4) is 0 Å². The molecule has 0 unspecified atom stereocenters. The summed E-state index contributed by atoms with van der Waals surface area (Å²) >= 11 is 1.27. The van der Waals surface area contributed by atoms with Crippen molar-refractivity contribution < 1.29 is 18.0 Å². The molecule has 1 heterocycles. The molecule has 29 heavy (non-hydrogen) atoms. The molecule has 3 N–H and O–H groups in total. The third-order valence-corrected chi connectivity index (χ3v) is 7.25.